The van der Waals surface area contributed by atoms with Crippen LogP contribution in [0.3, 0.4) is 0 Å². The SMILES string of the molecule is CC1CC(C(=O)Nc2ccc(F)c(F)c2)(/C(N)=N/O)C1. The van der Waals surface area contributed by atoms with Gasteiger partial charge < -0.3 is 16.3 Å². The van der Waals surface area contributed by atoms with Crippen LogP contribution < -0.4 is 11.1 Å². The Morgan fingerprint density at radius 3 is 2.60 bits per heavy atom. The highest BCUT2D eigenvalue weighted by Gasteiger charge is 2.52. The van der Waals surface area contributed by atoms with Gasteiger partial charge in [-0.3, -0.25) is 4.79 Å². The van der Waals surface area contributed by atoms with E-state index < -0.39 is 23.0 Å². The Labute approximate surface area is 114 Å². The van der Waals surface area contributed by atoms with Gasteiger partial charge in [0.25, 0.3) is 0 Å². The summed E-state index contributed by atoms with van der Waals surface area (Å²) in [6.45, 7) is 1.94. The van der Waals surface area contributed by atoms with Crippen LogP contribution >= 0.6 is 0 Å². The van der Waals surface area contributed by atoms with Crippen molar-refractivity contribution in [2.24, 2.45) is 22.2 Å². The summed E-state index contributed by atoms with van der Waals surface area (Å²) in [5.41, 5.74) is 4.63. The Kier molecular flexibility index (Phi) is 3.61. The van der Waals surface area contributed by atoms with Crippen molar-refractivity contribution in [3.8, 4) is 0 Å². The molecule has 1 fully saturated rings. The molecule has 0 bridgehead atoms. The van der Waals surface area contributed by atoms with Gasteiger partial charge in [-0.05, 0) is 30.9 Å². The Bertz CT molecular complexity index is 569. The second kappa shape index (κ2) is 5.07. The lowest BCUT2D eigenvalue weighted by molar-refractivity contribution is -0.127. The first-order chi connectivity index (χ1) is 9.39. The third kappa shape index (κ3) is 2.31. The molecule has 0 radical (unpaired) electrons. The molecule has 0 aliphatic heterocycles. The van der Waals surface area contributed by atoms with Crippen LogP contribution in [0.25, 0.3) is 0 Å². The van der Waals surface area contributed by atoms with Crippen LogP contribution in [0.1, 0.15) is 19.8 Å². The fourth-order valence-electron chi connectivity index (χ4n) is 2.56. The molecule has 1 aliphatic rings. The Balaban J connectivity index is 2.20. The average molecular weight is 283 g/mol. The lowest BCUT2D eigenvalue weighted by Crippen LogP contribution is -2.54. The normalized spacial score (nSPS) is 25.9. The van der Waals surface area contributed by atoms with Crippen LogP contribution in [-0.4, -0.2) is 17.0 Å². The Hall–Kier alpha value is -2.18. The second-order valence-electron chi connectivity index (χ2n) is 5.16. The highest BCUT2D eigenvalue weighted by atomic mass is 19.2. The van der Waals surface area contributed by atoms with E-state index >= 15 is 0 Å². The molecule has 7 heteroatoms. The molecule has 0 saturated heterocycles. The van der Waals surface area contributed by atoms with E-state index in [0.717, 1.165) is 12.1 Å². The fourth-order valence-corrected chi connectivity index (χ4v) is 2.56. The van der Waals surface area contributed by atoms with Crippen molar-refractivity contribution in [1.29, 1.82) is 0 Å². The van der Waals surface area contributed by atoms with Crippen molar-refractivity contribution in [2.75, 3.05) is 5.32 Å². The van der Waals surface area contributed by atoms with Crippen molar-refractivity contribution < 1.29 is 18.8 Å². The highest BCUT2D eigenvalue weighted by Crippen LogP contribution is 2.46. The highest BCUT2D eigenvalue weighted by molar-refractivity contribution is 6.12. The number of nitrogens with one attached hydrogen (secondary N) is 1. The van der Waals surface area contributed by atoms with Gasteiger partial charge in [-0.25, -0.2) is 8.78 Å². The molecule has 5 nitrogen and oxygen atoms in total. The predicted molar refractivity (Wildman–Crippen MR) is 69.2 cm³/mol. The molecule has 1 amide bonds. The molecular weight excluding hydrogens is 268 g/mol. The fraction of sp³-hybridized carbons (Fsp3) is 0.385. The van der Waals surface area contributed by atoms with Crippen molar-refractivity contribution >= 4 is 17.4 Å². The van der Waals surface area contributed by atoms with E-state index in [-0.39, 0.29) is 17.4 Å². The number of hydrogen-bond acceptors (Lipinski definition) is 3. The molecule has 1 saturated carbocycles. The summed E-state index contributed by atoms with van der Waals surface area (Å²) in [5.74, 6) is -2.44. The molecular formula is C13H15F2N3O2. The number of amides is 1. The summed E-state index contributed by atoms with van der Waals surface area (Å²) in [7, 11) is 0. The molecule has 1 aliphatic carbocycles. The van der Waals surface area contributed by atoms with Crippen molar-refractivity contribution in [1.82, 2.24) is 0 Å². The largest absolute Gasteiger partial charge is 0.409 e. The molecule has 0 unspecified atom stereocenters. The number of anilines is 1. The number of hydrogen-bond donors (Lipinski definition) is 3. The van der Waals surface area contributed by atoms with Crippen LogP contribution in [0.4, 0.5) is 14.5 Å². The van der Waals surface area contributed by atoms with Crippen molar-refractivity contribution in [3.05, 3.63) is 29.8 Å². The maximum absolute atomic E-state index is 13.1. The summed E-state index contributed by atoms with van der Waals surface area (Å²) in [6.07, 6.45) is 0.886. The number of oxime groups is 1. The third-order valence-electron chi connectivity index (χ3n) is 3.60. The molecule has 1 aromatic rings. The van der Waals surface area contributed by atoms with Crippen molar-refractivity contribution in [3.63, 3.8) is 0 Å². The van der Waals surface area contributed by atoms with E-state index in [1.165, 1.54) is 6.07 Å². The maximum atomic E-state index is 13.1. The minimum absolute atomic E-state index is 0.124. The van der Waals surface area contributed by atoms with Crippen LogP contribution in [0.2, 0.25) is 0 Å². The van der Waals surface area contributed by atoms with E-state index in [2.05, 4.69) is 10.5 Å². The zero-order valence-electron chi connectivity index (χ0n) is 10.9. The molecule has 20 heavy (non-hydrogen) atoms. The smallest absolute Gasteiger partial charge is 0.238 e. The molecule has 0 spiro atoms. The zero-order valence-corrected chi connectivity index (χ0v) is 10.9. The van der Waals surface area contributed by atoms with Gasteiger partial charge in [0, 0.05) is 11.8 Å². The minimum atomic E-state index is -1.08. The van der Waals surface area contributed by atoms with E-state index in [4.69, 9.17) is 10.9 Å². The Morgan fingerprint density at radius 2 is 2.10 bits per heavy atom. The van der Waals surface area contributed by atoms with Gasteiger partial charge in [0.15, 0.2) is 17.5 Å². The summed E-state index contributed by atoms with van der Waals surface area (Å²) in [5, 5.41) is 14.2. The van der Waals surface area contributed by atoms with E-state index in [9.17, 15) is 13.6 Å². The van der Waals surface area contributed by atoms with Gasteiger partial charge >= 0.3 is 0 Å². The number of carbonyl (C=O) groups excluding carboxylic acids is 1. The first kappa shape index (κ1) is 14.2. The van der Waals surface area contributed by atoms with E-state index in [1.807, 2.05) is 6.92 Å². The number of amidine groups is 1. The number of halogens is 2. The van der Waals surface area contributed by atoms with E-state index in [0.29, 0.717) is 12.8 Å². The number of nitrogens with two attached hydrogens (primary N) is 1. The quantitative estimate of drug-likeness (QED) is 0.343. The lowest BCUT2D eigenvalue weighted by atomic mass is 9.61. The van der Waals surface area contributed by atoms with Gasteiger partial charge in [0.1, 0.15) is 5.41 Å². The average Bonchev–Trinajstić information content (AvgIpc) is 2.38. The first-order valence-electron chi connectivity index (χ1n) is 6.13. The van der Waals surface area contributed by atoms with Crippen LogP contribution in [0.15, 0.2) is 23.4 Å². The molecule has 2 rings (SSSR count). The summed E-state index contributed by atoms with van der Waals surface area (Å²) < 4.78 is 25.9. The van der Waals surface area contributed by atoms with Crippen LogP contribution in [0.5, 0.6) is 0 Å². The van der Waals surface area contributed by atoms with E-state index in [1.54, 1.807) is 0 Å². The zero-order chi connectivity index (χ0) is 14.9. The maximum Gasteiger partial charge on any atom is 0.238 e. The number of carbonyl (C=O) groups is 1. The number of nitrogens with zero attached hydrogens (tertiary/aromatic N) is 1. The molecule has 0 atom stereocenters. The van der Waals surface area contributed by atoms with Gasteiger partial charge in [0.05, 0.1) is 0 Å². The number of benzene rings is 1. The third-order valence-corrected chi connectivity index (χ3v) is 3.60. The van der Waals surface area contributed by atoms with Gasteiger partial charge in [-0.1, -0.05) is 12.1 Å². The second-order valence-corrected chi connectivity index (χ2v) is 5.16. The minimum Gasteiger partial charge on any atom is -0.409 e. The summed E-state index contributed by atoms with van der Waals surface area (Å²) >= 11 is 0. The summed E-state index contributed by atoms with van der Waals surface area (Å²) in [4.78, 5) is 12.3. The first-order valence-corrected chi connectivity index (χ1v) is 6.13. The van der Waals surface area contributed by atoms with Gasteiger partial charge in [-0.2, -0.15) is 0 Å². The predicted octanol–water partition coefficient (Wildman–Crippen LogP) is 2.07. The summed E-state index contributed by atoms with van der Waals surface area (Å²) in [6, 6.07) is 3.05. The standard InChI is InChI=1S/C13H15F2N3O2/c1-7-5-13(6-7,11(16)18-20)12(19)17-8-2-3-9(14)10(15)4-8/h2-4,7,20H,5-6H2,1H3,(H2,16,18)(H,17,19). The van der Waals surface area contributed by atoms with Crippen molar-refractivity contribution in [2.45, 2.75) is 19.8 Å². The van der Waals surface area contributed by atoms with Crippen LogP contribution in [-0.2, 0) is 4.79 Å². The van der Waals surface area contributed by atoms with Gasteiger partial charge in [0.2, 0.25) is 5.91 Å². The molecule has 1 aromatic carbocycles. The van der Waals surface area contributed by atoms with Gasteiger partial charge in [-0.15, -0.1) is 0 Å². The Morgan fingerprint density at radius 1 is 1.45 bits per heavy atom. The molecule has 108 valence electrons. The topological polar surface area (TPSA) is 87.7 Å². The molecule has 0 heterocycles. The number of rotatable bonds is 3. The molecule has 0 aromatic heterocycles. The monoisotopic (exact) mass is 283 g/mol. The lowest BCUT2D eigenvalue weighted by Gasteiger charge is -2.43. The molecule has 4 N–H and O–H groups in total. The van der Waals surface area contributed by atoms with Crippen LogP contribution in [0, 0.1) is 23.0 Å².